The van der Waals surface area contributed by atoms with Crippen LogP contribution in [0.3, 0.4) is 0 Å². The van der Waals surface area contributed by atoms with Gasteiger partial charge in [-0.25, -0.2) is 4.68 Å². The van der Waals surface area contributed by atoms with Crippen LogP contribution in [0.2, 0.25) is 0 Å². The molecule has 1 N–H and O–H groups in total. The van der Waals surface area contributed by atoms with Gasteiger partial charge in [-0.05, 0) is 74.7 Å². The second-order valence-electron chi connectivity index (χ2n) is 7.21. The van der Waals surface area contributed by atoms with Gasteiger partial charge < -0.3 is 10.1 Å². The van der Waals surface area contributed by atoms with Crippen molar-refractivity contribution in [3.8, 4) is 17.0 Å². The molecule has 3 aromatic rings. The fourth-order valence-corrected chi connectivity index (χ4v) is 3.12. The first-order chi connectivity index (χ1) is 14.5. The van der Waals surface area contributed by atoms with Crippen molar-refractivity contribution in [1.29, 1.82) is 0 Å². The van der Waals surface area contributed by atoms with Gasteiger partial charge in [-0.2, -0.15) is 5.10 Å². The maximum Gasteiger partial charge on any atom is 0.266 e. The van der Waals surface area contributed by atoms with Gasteiger partial charge in [-0.3, -0.25) is 9.59 Å². The third kappa shape index (κ3) is 5.56. The summed E-state index contributed by atoms with van der Waals surface area (Å²) in [6.07, 6.45) is 0.838. The molecule has 0 spiro atoms. The fraction of sp³-hybridized carbons (Fsp3) is 0.292. The minimum Gasteiger partial charge on any atom is -0.494 e. The van der Waals surface area contributed by atoms with Crippen LogP contribution in [0.15, 0.2) is 59.4 Å². The lowest BCUT2D eigenvalue weighted by Crippen LogP contribution is -2.23. The van der Waals surface area contributed by atoms with Gasteiger partial charge in [0.05, 0.1) is 12.3 Å². The average Bonchev–Trinajstić information content (AvgIpc) is 2.73. The van der Waals surface area contributed by atoms with Crippen LogP contribution in [0.5, 0.6) is 5.75 Å². The summed E-state index contributed by atoms with van der Waals surface area (Å²) < 4.78 is 6.87. The van der Waals surface area contributed by atoms with E-state index in [4.69, 9.17) is 4.74 Å². The molecule has 2 aromatic carbocycles. The van der Waals surface area contributed by atoms with Crippen molar-refractivity contribution in [2.24, 2.45) is 0 Å². The van der Waals surface area contributed by atoms with Crippen molar-refractivity contribution in [3.05, 3.63) is 76.1 Å². The topological polar surface area (TPSA) is 73.2 Å². The maximum atomic E-state index is 12.3. The van der Waals surface area contributed by atoms with Crippen molar-refractivity contribution in [3.63, 3.8) is 0 Å². The number of aryl methyl sites for hydroxylation is 3. The highest BCUT2D eigenvalue weighted by Gasteiger charge is 2.08. The van der Waals surface area contributed by atoms with E-state index in [0.717, 1.165) is 28.1 Å². The Balaban J connectivity index is 1.61. The largest absolute Gasteiger partial charge is 0.494 e. The molecule has 0 aliphatic rings. The van der Waals surface area contributed by atoms with Crippen LogP contribution in [0.4, 0.5) is 5.69 Å². The van der Waals surface area contributed by atoms with E-state index >= 15 is 0 Å². The molecule has 156 valence electrons. The number of benzene rings is 2. The molecule has 1 amide bonds. The molecule has 0 bridgehead atoms. The van der Waals surface area contributed by atoms with Gasteiger partial charge in [-0.15, -0.1) is 0 Å². The molecule has 0 saturated carbocycles. The Morgan fingerprint density at radius 1 is 1.07 bits per heavy atom. The third-order valence-corrected chi connectivity index (χ3v) is 4.77. The molecule has 0 fully saturated rings. The second-order valence-corrected chi connectivity index (χ2v) is 7.21. The molecular weight excluding hydrogens is 378 g/mol. The molecule has 0 unspecified atom stereocenters. The first-order valence-corrected chi connectivity index (χ1v) is 10.1. The van der Waals surface area contributed by atoms with Gasteiger partial charge in [0, 0.05) is 30.3 Å². The van der Waals surface area contributed by atoms with Gasteiger partial charge in [-0.1, -0.05) is 12.1 Å². The van der Waals surface area contributed by atoms with E-state index in [1.54, 1.807) is 6.07 Å². The van der Waals surface area contributed by atoms with E-state index in [-0.39, 0.29) is 11.5 Å². The number of hydrogen-bond acceptors (Lipinski definition) is 4. The number of hydrogen-bond donors (Lipinski definition) is 1. The van der Waals surface area contributed by atoms with Crippen LogP contribution in [-0.2, 0) is 11.3 Å². The lowest BCUT2D eigenvalue weighted by molar-refractivity contribution is -0.116. The Morgan fingerprint density at radius 3 is 2.57 bits per heavy atom. The van der Waals surface area contributed by atoms with Crippen LogP contribution in [0, 0.1) is 13.8 Å². The first-order valence-electron chi connectivity index (χ1n) is 10.1. The molecule has 6 nitrogen and oxygen atoms in total. The summed E-state index contributed by atoms with van der Waals surface area (Å²) in [5.74, 6) is 0.726. The standard InChI is InChI=1S/C24H27N3O3/c1-4-30-20-11-9-19(10-12-20)21-13-14-24(29)27(26-21)15-5-6-23(28)25-22-16-17(2)7-8-18(22)3/h7-14,16H,4-6,15H2,1-3H3,(H,25,28). The molecule has 1 heterocycles. The predicted octanol–water partition coefficient (Wildman–Crippen LogP) is 4.34. The molecule has 0 aliphatic heterocycles. The number of rotatable bonds is 8. The lowest BCUT2D eigenvalue weighted by atomic mass is 10.1. The summed E-state index contributed by atoms with van der Waals surface area (Å²) in [4.78, 5) is 24.5. The quantitative estimate of drug-likeness (QED) is 0.605. The zero-order chi connectivity index (χ0) is 21.5. The average molecular weight is 405 g/mol. The smallest absolute Gasteiger partial charge is 0.266 e. The lowest BCUT2D eigenvalue weighted by Gasteiger charge is -2.10. The maximum absolute atomic E-state index is 12.3. The molecule has 30 heavy (non-hydrogen) atoms. The zero-order valence-corrected chi connectivity index (χ0v) is 17.6. The van der Waals surface area contributed by atoms with E-state index in [1.165, 1.54) is 10.7 Å². The van der Waals surface area contributed by atoms with Crippen molar-refractivity contribution >= 4 is 11.6 Å². The summed E-state index contributed by atoms with van der Waals surface area (Å²) in [6, 6.07) is 16.8. The number of nitrogens with one attached hydrogen (secondary N) is 1. The Morgan fingerprint density at radius 2 is 1.83 bits per heavy atom. The number of nitrogens with zero attached hydrogens (tertiary/aromatic N) is 2. The molecule has 0 aliphatic carbocycles. The van der Waals surface area contributed by atoms with Gasteiger partial charge in [0.15, 0.2) is 0 Å². The highest BCUT2D eigenvalue weighted by molar-refractivity contribution is 5.91. The normalized spacial score (nSPS) is 10.6. The molecule has 6 heteroatoms. The van der Waals surface area contributed by atoms with Crippen LogP contribution in [0.25, 0.3) is 11.3 Å². The fourth-order valence-electron chi connectivity index (χ4n) is 3.12. The Kier molecular flexibility index (Phi) is 7.01. The second kappa shape index (κ2) is 9.87. The van der Waals surface area contributed by atoms with Gasteiger partial charge in [0.25, 0.3) is 5.56 Å². The molecular formula is C24H27N3O3. The summed E-state index contributed by atoms with van der Waals surface area (Å²) in [5.41, 5.74) is 4.37. The van der Waals surface area contributed by atoms with Crippen molar-refractivity contribution in [2.45, 2.75) is 40.2 Å². The molecule has 0 atom stereocenters. The summed E-state index contributed by atoms with van der Waals surface area (Å²) in [5, 5.41) is 7.40. The predicted molar refractivity (Wildman–Crippen MR) is 119 cm³/mol. The summed E-state index contributed by atoms with van der Waals surface area (Å²) in [7, 11) is 0. The monoisotopic (exact) mass is 405 g/mol. The van der Waals surface area contributed by atoms with Gasteiger partial charge in [0.2, 0.25) is 5.91 Å². The van der Waals surface area contributed by atoms with E-state index in [1.807, 2.05) is 63.2 Å². The first kappa shape index (κ1) is 21.3. The highest BCUT2D eigenvalue weighted by atomic mass is 16.5. The molecule has 1 aromatic heterocycles. The van der Waals surface area contributed by atoms with E-state index in [0.29, 0.717) is 31.7 Å². The Labute approximate surface area is 176 Å². The molecule has 3 rings (SSSR count). The number of aromatic nitrogens is 2. The number of carbonyl (C=O) groups is 1. The number of anilines is 1. The number of ether oxygens (including phenoxy) is 1. The van der Waals surface area contributed by atoms with Crippen molar-refractivity contribution in [2.75, 3.05) is 11.9 Å². The van der Waals surface area contributed by atoms with Crippen LogP contribution < -0.4 is 15.6 Å². The number of amides is 1. The minimum atomic E-state index is -0.181. The minimum absolute atomic E-state index is 0.0700. The third-order valence-electron chi connectivity index (χ3n) is 4.77. The Hall–Kier alpha value is -3.41. The zero-order valence-electron chi connectivity index (χ0n) is 17.6. The number of carbonyl (C=O) groups excluding carboxylic acids is 1. The van der Waals surface area contributed by atoms with Crippen molar-refractivity contribution in [1.82, 2.24) is 9.78 Å². The van der Waals surface area contributed by atoms with Gasteiger partial charge in [0.1, 0.15) is 5.75 Å². The van der Waals surface area contributed by atoms with E-state index in [2.05, 4.69) is 10.4 Å². The van der Waals surface area contributed by atoms with Crippen LogP contribution >= 0.6 is 0 Å². The molecule has 0 saturated heterocycles. The summed E-state index contributed by atoms with van der Waals surface area (Å²) >= 11 is 0. The van der Waals surface area contributed by atoms with Crippen molar-refractivity contribution < 1.29 is 9.53 Å². The Bertz CT molecular complexity index is 1070. The van der Waals surface area contributed by atoms with Crippen LogP contribution in [0.1, 0.15) is 30.9 Å². The SMILES string of the molecule is CCOc1ccc(-c2ccc(=O)n(CCCC(=O)Nc3cc(C)ccc3C)n2)cc1. The van der Waals surface area contributed by atoms with E-state index < -0.39 is 0 Å². The molecule has 0 radical (unpaired) electrons. The summed E-state index contributed by atoms with van der Waals surface area (Å²) in [6.45, 7) is 6.88. The highest BCUT2D eigenvalue weighted by Crippen LogP contribution is 2.20. The van der Waals surface area contributed by atoms with Crippen LogP contribution in [-0.4, -0.2) is 22.3 Å². The van der Waals surface area contributed by atoms with E-state index in [9.17, 15) is 9.59 Å². The van der Waals surface area contributed by atoms with Gasteiger partial charge >= 0.3 is 0 Å².